The summed E-state index contributed by atoms with van der Waals surface area (Å²) in [6.07, 6.45) is 5.31. The van der Waals surface area contributed by atoms with Gasteiger partial charge in [-0.1, -0.05) is 6.07 Å². The van der Waals surface area contributed by atoms with Gasteiger partial charge >= 0.3 is 0 Å². The van der Waals surface area contributed by atoms with Crippen molar-refractivity contribution in [1.82, 2.24) is 9.97 Å². The van der Waals surface area contributed by atoms with Crippen LogP contribution >= 0.6 is 0 Å². The van der Waals surface area contributed by atoms with Gasteiger partial charge in [0.25, 0.3) is 0 Å². The lowest BCUT2D eigenvalue weighted by molar-refractivity contribution is -0.00461. The summed E-state index contributed by atoms with van der Waals surface area (Å²) in [6, 6.07) is 9.72. The number of hydrogen-bond acceptors (Lipinski definition) is 8. The number of methoxy groups -OCH3 is 1. The summed E-state index contributed by atoms with van der Waals surface area (Å²) < 4.78 is 23.7. The molecule has 0 bridgehead atoms. The Morgan fingerprint density at radius 3 is 2.26 bits per heavy atom. The lowest BCUT2D eigenvalue weighted by atomic mass is 10.1. The smallest absolute Gasteiger partial charge is 0.145 e. The molecule has 5 rings (SSSR count). The molecule has 3 saturated heterocycles. The first kappa shape index (κ1) is 20.3. The van der Waals surface area contributed by atoms with Crippen molar-refractivity contribution in [3.8, 4) is 11.5 Å². The molecule has 1 aromatic carbocycles. The maximum Gasteiger partial charge on any atom is 0.145 e. The van der Waals surface area contributed by atoms with E-state index in [-0.39, 0.29) is 18.3 Å². The average Bonchev–Trinajstić information content (AvgIpc) is 3.16. The molecule has 0 radical (unpaired) electrons. The van der Waals surface area contributed by atoms with Gasteiger partial charge in [-0.25, -0.2) is 9.97 Å². The Balaban J connectivity index is 1.19. The maximum atomic E-state index is 6.19. The monoisotopic (exact) mass is 426 g/mol. The zero-order valence-electron chi connectivity index (χ0n) is 18.0. The van der Waals surface area contributed by atoms with Crippen molar-refractivity contribution >= 4 is 11.6 Å². The Hall–Kier alpha value is -2.58. The molecule has 0 unspecified atom stereocenters. The van der Waals surface area contributed by atoms with E-state index in [1.165, 1.54) is 19.3 Å². The molecule has 0 saturated carbocycles. The van der Waals surface area contributed by atoms with Gasteiger partial charge < -0.3 is 28.7 Å². The fourth-order valence-electron chi connectivity index (χ4n) is 4.50. The van der Waals surface area contributed by atoms with Crippen LogP contribution in [0.3, 0.4) is 0 Å². The van der Waals surface area contributed by atoms with Gasteiger partial charge in [-0.2, -0.15) is 0 Å². The van der Waals surface area contributed by atoms with E-state index in [4.69, 9.17) is 18.9 Å². The lowest BCUT2D eigenvalue weighted by Crippen LogP contribution is -2.31. The average molecular weight is 427 g/mol. The highest BCUT2D eigenvalue weighted by Crippen LogP contribution is 2.28. The summed E-state index contributed by atoms with van der Waals surface area (Å²) in [7, 11) is 1.65. The van der Waals surface area contributed by atoms with E-state index < -0.39 is 0 Å². The topological polar surface area (TPSA) is 69.2 Å². The minimum Gasteiger partial charge on any atom is -0.497 e. The summed E-state index contributed by atoms with van der Waals surface area (Å²) in [5, 5.41) is 0. The van der Waals surface area contributed by atoms with Crippen LogP contribution in [0.4, 0.5) is 11.6 Å². The van der Waals surface area contributed by atoms with Crippen LogP contribution in [0.5, 0.6) is 11.5 Å². The normalized spacial score (nSPS) is 24.5. The molecule has 8 heteroatoms. The van der Waals surface area contributed by atoms with Gasteiger partial charge in [0.2, 0.25) is 0 Å². The van der Waals surface area contributed by atoms with Crippen LogP contribution < -0.4 is 19.3 Å². The summed E-state index contributed by atoms with van der Waals surface area (Å²) in [6.45, 7) is 4.65. The van der Waals surface area contributed by atoms with Crippen molar-refractivity contribution in [2.75, 3.05) is 56.3 Å². The standard InChI is InChI=1S/C23H30N4O4/c1-28-17-6-5-7-18(10-17)31-19-14-29-20-12-27(13-21(20)30-15-19)23-11-22(24-16-25-23)26-8-3-2-4-9-26/h5-7,10-11,16,19-21H,2-4,8-9,12-15H2,1H3/t20-,21-/m0/s1. The van der Waals surface area contributed by atoms with Gasteiger partial charge in [0, 0.05) is 38.3 Å². The van der Waals surface area contributed by atoms with Gasteiger partial charge in [0.15, 0.2) is 0 Å². The first-order valence-corrected chi connectivity index (χ1v) is 11.1. The highest BCUT2D eigenvalue weighted by Gasteiger charge is 2.38. The van der Waals surface area contributed by atoms with Gasteiger partial charge in [-0.3, -0.25) is 0 Å². The maximum absolute atomic E-state index is 6.19. The number of nitrogens with zero attached hydrogens (tertiary/aromatic N) is 4. The molecule has 2 atom stereocenters. The second-order valence-corrected chi connectivity index (χ2v) is 8.35. The molecular weight excluding hydrogens is 396 g/mol. The molecule has 0 aliphatic carbocycles. The second kappa shape index (κ2) is 9.28. The molecule has 0 N–H and O–H groups in total. The zero-order chi connectivity index (χ0) is 21.0. The number of rotatable bonds is 5. The van der Waals surface area contributed by atoms with E-state index in [0.717, 1.165) is 49.3 Å². The number of hydrogen-bond donors (Lipinski definition) is 0. The molecule has 3 aliphatic heterocycles. The van der Waals surface area contributed by atoms with Gasteiger partial charge in [0.05, 0.1) is 20.3 Å². The molecule has 8 nitrogen and oxygen atoms in total. The first-order chi connectivity index (χ1) is 15.3. The molecule has 1 aromatic heterocycles. The third-order valence-corrected chi connectivity index (χ3v) is 6.19. The fourth-order valence-corrected chi connectivity index (χ4v) is 4.50. The lowest BCUT2D eigenvalue weighted by Gasteiger charge is -2.28. The summed E-state index contributed by atoms with van der Waals surface area (Å²) in [5.41, 5.74) is 0. The summed E-state index contributed by atoms with van der Waals surface area (Å²) in [5.74, 6) is 3.50. The molecule has 4 heterocycles. The molecular formula is C23H30N4O4. The molecule has 0 spiro atoms. The molecule has 2 aromatic rings. The minimum absolute atomic E-state index is 0.00677. The SMILES string of the molecule is COc1cccc(OC2CO[C@H]3CN(c4cc(N5CCCCC5)ncn4)C[C@@H]3OC2)c1. The number of ether oxygens (including phenoxy) is 4. The Morgan fingerprint density at radius 1 is 0.871 bits per heavy atom. The molecule has 31 heavy (non-hydrogen) atoms. The molecule has 0 amide bonds. The fraction of sp³-hybridized carbons (Fsp3) is 0.565. The largest absolute Gasteiger partial charge is 0.497 e. The van der Waals surface area contributed by atoms with Crippen LogP contribution in [0.1, 0.15) is 19.3 Å². The van der Waals surface area contributed by atoms with E-state index in [1.807, 2.05) is 24.3 Å². The second-order valence-electron chi connectivity index (χ2n) is 8.35. The van der Waals surface area contributed by atoms with Crippen molar-refractivity contribution in [2.45, 2.75) is 37.6 Å². The third kappa shape index (κ3) is 4.70. The van der Waals surface area contributed by atoms with E-state index >= 15 is 0 Å². The van der Waals surface area contributed by atoms with Crippen molar-refractivity contribution in [3.63, 3.8) is 0 Å². The Labute approximate surface area is 183 Å². The predicted molar refractivity (Wildman–Crippen MR) is 117 cm³/mol. The number of fused-ring (bicyclic) bond motifs is 1. The quantitative estimate of drug-likeness (QED) is 0.723. The van der Waals surface area contributed by atoms with Crippen LogP contribution in [0, 0.1) is 0 Å². The minimum atomic E-state index is -0.143. The van der Waals surface area contributed by atoms with Crippen LogP contribution in [-0.2, 0) is 9.47 Å². The first-order valence-electron chi connectivity index (χ1n) is 11.1. The van der Waals surface area contributed by atoms with Crippen molar-refractivity contribution < 1.29 is 18.9 Å². The predicted octanol–water partition coefficient (Wildman–Crippen LogP) is 2.53. The molecule has 166 valence electrons. The van der Waals surface area contributed by atoms with Crippen LogP contribution in [0.25, 0.3) is 0 Å². The van der Waals surface area contributed by atoms with Gasteiger partial charge in [-0.15, -0.1) is 0 Å². The van der Waals surface area contributed by atoms with Crippen molar-refractivity contribution in [2.24, 2.45) is 0 Å². The summed E-state index contributed by atoms with van der Waals surface area (Å²) >= 11 is 0. The van der Waals surface area contributed by atoms with E-state index in [1.54, 1.807) is 13.4 Å². The Morgan fingerprint density at radius 2 is 1.55 bits per heavy atom. The van der Waals surface area contributed by atoms with Gasteiger partial charge in [-0.05, 0) is 31.4 Å². The molecule has 3 fully saturated rings. The van der Waals surface area contributed by atoms with E-state index in [9.17, 15) is 0 Å². The highest BCUT2D eigenvalue weighted by molar-refractivity contribution is 5.51. The Kier molecular flexibility index (Phi) is 6.08. The number of anilines is 2. The Bertz CT molecular complexity index is 860. The van der Waals surface area contributed by atoms with E-state index in [0.29, 0.717) is 13.2 Å². The van der Waals surface area contributed by atoms with Crippen molar-refractivity contribution in [1.29, 1.82) is 0 Å². The number of benzene rings is 1. The zero-order valence-corrected chi connectivity index (χ0v) is 18.0. The van der Waals surface area contributed by atoms with Crippen LogP contribution in [0.2, 0.25) is 0 Å². The van der Waals surface area contributed by atoms with E-state index in [2.05, 4.69) is 25.8 Å². The highest BCUT2D eigenvalue weighted by atomic mass is 16.6. The van der Waals surface area contributed by atoms with Crippen molar-refractivity contribution in [3.05, 3.63) is 36.7 Å². The summed E-state index contributed by atoms with van der Waals surface area (Å²) in [4.78, 5) is 13.6. The third-order valence-electron chi connectivity index (χ3n) is 6.19. The van der Waals surface area contributed by atoms with Gasteiger partial charge in [0.1, 0.15) is 47.8 Å². The number of piperidine rings is 1. The molecule has 3 aliphatic rings. The van der Waals surface area contributed by atoms with Crippen LogP contribution in [-0.4, -0.2) is 74.8 Å². The van der Waals surface area contributed by atoms with Crippen LogP contribution in [0.15, 0.2) is 36.7 Å². The number of aromatic nitrogens is 2.